The van der Waals surface area contributed by atoms with E-state index in [0.29, 0.717) is 41.8 Å². The number of para-hydroxylation sites is 1. The van der Waals surface area contributed by atoms with Crippen LogP contribution in [0.3, 0.4) is 0 Å². The second-order valence-electron chi connectivity index (χ2n) is 5.50. The first-order valence-electron chi connectivity index (χ1n) is 8.29. The van der Waals surface area contributed by atoms with Gasteiger partial charge in [0.25, 0.3) is 0 Å². The molecule has 2 aromatic rings. The number of halogens is 2. The van der Waals surface area contributed by atoms with Crippen LogP contribution in [0.5, 0.6) is 5.75 Å². The van der Waals surface area contributed by atoms with Gasteiger partial charge in [0.05, 0.1) is 11.6 Å². The second kappa shape index (κ2) is 10.9. The first-order valence-corrected chi connectivity index (χ1v) is 9.05. The van der Waals surface area contributed by atoms with Gasteiger partial charge in [-0.2, -0.15) is 0 Å². The Bertz CT molecular complexity index is 666. The lowest BCUT2D eigenvalue weighted by molar-refractivity contribution is -0.121. The molecule has 0 heterocycles. The maximum Gasteiger partial charge on any atom is 0.220 e. The molecule has 134 valence electrons. The summed E-state index contributed by atoms with van der Waals surface area (Å²) in [5.74, 6) is 0.571. The van der Waals surface area contributed by atoms with Crippen molar-refractivity contribution in [2.45, 2.75) is 19.3 Å². The van der Waals surface area contributed by atoms with Crippen molar-refractivity contribution in [3.05, 3.63) is 58.6 Å². The van der Waals surface area contributed by atoms with E-state index in [9.17, 15) is 4.79 Å². The average molecular weight is 381 g/mol. The van der Waals surface area contributed by atoms with Crippen LogP contribution in [0.25, 0.3) is 0 Å². The lowest BCUT2D eigenvalue weighted by Crippen LogP contribution is -2.25. The summed E-state index contributed by atoms with van der Waals surface area (Å²) in [7, 11) is 0. The summed E-state index contributed by atoms with van der Waals surface area (Å²) in [5.41, 5.74) is 1.09. The summed E-state index contributed by atoms with van der Waals surface area (Å²) < 4.78 is 5.55. The molecule has 0 radical (unpaired) electrons. The van der Waals surface area contributed by atoms with Crippen molar-refractivity contribution in [3.63, 3.8) is 0 Å². The number of carbonyl (C=O) groups excluding carboxylic acids is 1. The molecule has 0 saturated carbocycles. The van der Waals surface area contributed by atoms with Crippen LogP contribution in [0.1, 0.15) is 19.3 Å². The molecule has 0 aliphatic rings. The van der Waals surface area contributed by atoms with Crippen LogP contribution >= 0.6 is 23.2 Å². The highest BCUT2D eigenvalue weighted by Gasteiger charge is 2.06. The standard InChI is InChI=1S/C19H22Cl2N2O2/c20-16-9-4-10-17(19(16)21)25-14-5-11-18(24)23-13-6-12-22-15-7-2-1-3-8-15/h1-4,7-10,22H,5-6,11-14H2,(H,23,24). The van der Waals surface area contributed by atoms with Gasteiger partial charge in [0.1, 0.15) is 10.8 Å². The monoisotopic (exact) mass is 380 g/mol. The largest absolute Gasteiger partial charge is 0.492 e. The highest BCUT2D eigenvalue weighted by atomic mass is 35.5. The number of rotatable bonds is 10. The summed E-state index contributed by atoms with van der Waals surface area (Å²) in [6, 6.07) is 15.2. The van der Waals surface area contributed by atoms with Crippen LogP contribution in [-0.2, 0) is 4.79 Å². The van der Waals surface area contributed by atoms with Gasteiger partial charge in [-0.25, -0.2) is 0 Å². The zero-order valence-corrected chi connectivity index (χ0v) is 15.4. The summed E-state index contributed by atoms with van der Waals surface area (Å²) in [6.45, 7) is 1.89. The van der Waals surface area contributed by atoms with E-state index in [4.69, 9.17) is 27.9 Å². The Hall–Kier alpha value is -1.91. The van der Waals surface area contributed by atoms with Crippen LogP contribution < -0.4 is 15.4 Å². The van der Waals surface area contributed by atoms with Crippen molar-refractivity contribution in [1.82, 2.24) is 5.32 Å². The van der Waals surface area contributed by atoms with E-state index >= 15 is 0 Å². The van der Waals surface area contributed by atoms with Crippen molar-refractivity contribution in [3.8, 4) is 5.75 Å². The minimum atomic E-state index is 0.0282. The SMILES string of the molecule is O=C(CCCOc1cccc(Cl)c1Cl)NCCCNc1ccccc1. The molecule has 2 rings (SSSR count). The zero-order chi connectivity index (χ0) is 17.9. The molecule has 0 aliphatic carbocycles. The lowest BCUT2D eigenvalue weighted by Gasteiger charge is -2.09. The van der Waals surface area contributed by atoms with Crippen LogP contribution in [0.15, 0.2) is 48.5 Å². The van der Waals surface area contributed by atoms with Gasteiger partial charge in [-0.3, -0.25) is 4.79 Å². The molecule has 1 amide bonds. The smallest absolute Gasteiger partial charge is 0.220 e. The highest BCUT2D eigenvalue weighted by molar-refractivity contribution is 6.42. The van der Waals surface area contributed by atoms with Crippen molar-refractivity contribution in [2.75, 3.05) is 25.0 Å². The minimum absolute atomic E-state index is 0.0282. The lowest BCUT2D eigenvalue weighted by atomic mass is 10.3. The highest BCUT2D eigenvalue weighted by Crippen LogP contribution is 2.31. The van der Waals surface area contributed by atoms with Gasteiger partial charge < -0.3 is 15.4 Å². The Morgan fingerprint density at radius 3 is 2.56 bits per heavy atom. The maximum absolute atomic E-state index is 11.8. The third-order valence-electron chi connectivity index (χ3n) is 3.50. The van der Waals surface area contributed by atoms with Crippen molar-refractivity contribution in [2.24, 2.45) is 0 Å². The van der Waals surface area contributed by atoms with E-state index in [1.165, 1.54) is 0 Å². The molecule has 0 saturated heterocycles. The fourth-order valence-corrected chi connectivity index (χ4v) is 2.55. The normalized spacial score (nSPS) is 10.3. The van der Waals surface area contributed by atoms with Gasteiger partial charge >= 0.3 is 0 Å². The molecular weight excluding hydrogens is 359 g/mol. The van der Waals surface area contributed by atoms with E-state index in [-0.39, 0.29) is 5.91 Å². The quantitative estimate of drug-likeness (QED) is 0.583. The molecule has 0 aliphatic heterocycles. The molecule has 0 atom stereocenters. The Kier molecular flexibility index (Phi) is 8.43. The Morgan fingerprint density at radius 2 is 1.76 bits per heavy atom. The second-order valence-corrected chi connectivity index (χ2v) is 6.29. The van der Waals surface area contributed by atoms with Crippen LogP contribution in [0.4, 0.5) is 5.69 Å². The Morgan fingerprint density at radius 1 is 0.960 bits per heavy atom. The molecule has 0 spiro atoms. The van der Waals surface area contributed by atoms with Crippen LogP contribution in [-0.4, -0.2) is 25.6 Å². The van der Waals surface area contributed by atoms with Gasteiger partial charge in [0.15, 0.2) is 0 Å². The van der Waals surface area contributed by atoms with Crippen molar-refractivity contribution in [1.29, 1.82) is 0 Å². The van der Waals surface area contributed by atoms with Gasteiger partial charge in [0.2, 0.25) is 5.91 Å². The molecule has 0 bridgehead atoms. The molecule has 0 fully saturated rings. The number of nitrogens with one attached hydrogen (secondary N) is 2. The fraction of sp³-hybridized carbons (Fsp3) is 0.316. The van der Waals surface area contributed by atoms with Crippen LogP contribution in [0, 0.1) is 0 Å². The number of carbonyl (C=O) groups is 1. The predicted molar refractivity (Wildman–Crippen MR) is 104 cm³/mol. The molecule has 2 aromatic carbocycles. The van der Waals surface area contributed by atoms with Gasteiger partial charge in [-0.05, 0) is 37.1 Å². The minimum Gasteiger partial charge on any atom is -0.492 e. The van der Waals surface area contributed by atoms with E-state index in [0.717, 1.165) is 18.7 Å². The van der Waals surface area contributed by atoms with E-state index in [1.807, 2.05) is 30.3 Å². The summed E-state index contributed by atoms with van der Waals surface area (Å²) in [5, 5.41) is 7.07. The topological polar surface area (TPSA) is 50.4 Å². The number of hydrogen-bond acceptors (Lipinski definition) is 3. The third kappa shape index (κ3) is 7.24. The summed E-state index contributed by atoms with van der Waals surface area (Å²) in [6.07, 6.45) is 1.91. The number of benzene rings is 2. The molecule has 0 unspecified atom stereocenters. The molecular formula is C19H22Cl2N2O2. The van der Waals surface area contributed by atoms with Gasteiger partial charge in [0, 0.05) is 25.2 Å². The number of amides is 1. The Balaban J connectivity index is 1.52. The van der Waals surface area contributed by atoms with Crippen molar-refractivity contribution < 1.29 is 9.53 Å². The van der Waals surface area contributed by atoms with Gasteiger partial charge in [-0.15, -0.1) is 0 Å². The van der Waals surface area contributed by atoms with E-state index in [1.54, 1.807) is 18.2 Å². The molecule has 4 nitrogen and oxygen atoms in total. The number of ether oxygens (including phenoxy) is 1. The first kappa shape index (κ1) is 19.4. The first-order chi connectivity index (χ1) is 12.2. The average Bonchev–Trinajstić information content (AvgIpc) is 2.62. The molecule has 0 aromatic heterocycles. The summed E-state index contributed by atoms with van der Waals surface area (Å²) >= 11 is 12.0. The fourth-order valence-electron chi connectivity index (χ4n) is 2.20. The van der Waals surface area contributed by atoms with E-state index < -0.39 is 0 Å². The van der Waals surface area contributed by atoms with Gasteiger partial charge in [-0.1, -0.05) is 47.5 Å². The van der Waals surface area contributed by atoms with Crippen LogP contribution in [0.2, 0.25) is 10.0 Å². The summed E-state index contributed by atoms with van der Waals surface area (Å²) in [4.78, 5) is 11.8. The molecule has 6 heteroatoms. The molecule has 25 heavy (non-hydrogen) atoms. The van der Waals surface area contributed by atoms with E-state index in [2.05, 4.69) is 10.6 Å². The Labute approximate surface area is 158 Å². The maximum atomic E-state index is 11.8. The predicted octanol–water partition coefficient (Wildman–Crippen LogP) is 4.77. The zero-order valence-electron chi connectivity index (χ0n) is 13.9. The van der Waals surface area contributed by atoms with Crippen molar-refractivity contribution >= 4 is 34.8 Å². The molecule has 2 N–H and O–H groups in total. The number of anilines is 1. The number of hydrogen-bond donors (Lipinski definition) is 2. The third-order valence-corrected chi connectivity index (χ3v) is 4.30.